The number of hydrogen-bond donors (Lipinski definition) is 2. The van der Waals surface area contributed by atoms with Crippen LogP contribution in [0.25, 0.3) is 0 Å². The molecule has 0 heterocycles. The van der Waals surface area contributed by atoms with Crippen LogP contribution in [0.15, 0.2) is 24.0 Å². The normalized spacial score (nSPS) is 9.96. The second-order valence-corrected chi connectivity index (χ2v) is 4.36. The van der Waals surface area contributed by atoms with Crippen LogP contribution in [0.4, 0.5) is 0 Å². The van der Waals surface area contributed by atoms with Crippen LogP contribution in [0, 0.1) is 5.41 Å². The largest absolute Gasteiger partial charge is 0.504 e. The molecular formula is C14H20O9. The van der Waals surface area contributed by atoms with Crippen molar-refractivity contribution in [2.24, 2.45) is 5.41 Å². The van der Waals surface area contributed by atoms with Gasteiger partial charge in [0.25, 0.3) is 0 Å². The molecule has 0 amide bonds. The number of hydrogen-bond acceptors (Lipinski definition) is 7. The second kappa shape index (κ2) is 10.8. The summed E-state index contributed by atoms with van der Waals surface area (Å²) >= 11 is 0. The zero-order valence-corrected chi connectivity index (χ0v) is 13.5. The molecule has 0 aliphatic rings. The summed E-state index contributed by atoms with van der Waals surface area (Å²) in [6.45, 7) is 2.27. The van der Waals surface area contributed by atoms with Gasteiger partial charge in [-0.15, -0.1) is 0 Å². The molecule has 0 aromatic carbocycles. The van der Waals surface area contributed by atoms with E-state index in [4.69, 9.17) is 10.2 Å². The van der Waals surface area contributed by atoms with Crippen LogP contribution < -0.4 is 0 Å². The van der Waals surface area contributed by atoms with Crippen LogP contribution in [0.5, 0.6) is 0 Å². The van der Waals surface area contributed by atoms with Crippen LogP contribution in [-0.2, 0) is 33.4 Å². The Balaban J connectivity index is 0. The monoisotopic (exact) mass is 332 g/mol. The van der Waals surface area contributed by atoms with Gasteiger partial charge in [0, 0.05) is 0 Å². The lowest BCUT2D eigenvalue weighted by Crippen LogP contribution is -2.32. The fourth-order valence-electron chi connectivity index (χ4n) is 0.745. The quantitative estimate of drug-likeness (QED) is 0.179. The third-order valence-corrected chi connectivity index (χ3v) is 2.36. The minimum Gasteiger partial charge on any atom is -0.504 e. The van der Waals surface area contributed by atoms with Gasteiger partial charge < -0.3 is 24.4 Å². The van der Waals surface area contributed by atoms with Gasteiger partial charge in [-0.05, 0) is 26.0 Å². The molecule has 0 unspecified atom stereocenters. The average molecular weight is 332 g/mol. The Kier molecular flexibility index (Phi) is 10.6. The first-order valence-electron chi connectivity index (χ1n) is 6.09. The summed E-state index contributed by atoms with van der Waals surface area (Å²) in [4.78, 5) is 42.2. The third kappa shape index (κ3) is 8.24. The summed E-state index contributed by atoms with van der Waals surface area (Å²) in [5, 5.41) is 16.5. The standard InChI is InChI=1S/C9H12O5.C5H8O4/c1-12-6-4-5-7(8(10)13-2)9(11)14-3;1-5(2,3(6)7)4(8)9/h4-6H,1-3H3;1-2H3,(H,6,7)(H,8,9). The molecule has 9 nitrogen and oxygen atoms in total. The molecule has 0 aliphatic carbocycles. The highest BCUT2D eigenvalue weighted by Crippen LogP contribution is 2.14. The predicted octanol–water partition coefficient (Wildman–Crippen LogP) is 0.601. The van der Waals surface area contributed by atoms with E-state index in [2.05, 4.69) is 14.2 Å². The Morgan fingerprint density at radius 2 is 1.26 bits per heavy atom. The Hall–Kier alpha value is -2.84. The van der Waals surface area contributed by atoms with Crippen molar-refractivity contribution in [3.05, 3.63) is 24.0 Å². The van der Waals surface area contributed by atoms with Crippen LogP contribution in [0.2, 0.25) is 0 Å². The second-order valence-electron chi connectivity index (χ2n) is 4.36. The number of carboxylic acid groups (broad SMARTS) is 2. The van der Waals surface area contributed by atoms with E-state index >= 15 is 0 Å². The van der Waals surface area contributed by atoms with Gasteiger partial charge in [0.05, 0.1) is 27.6 Å². The molecule has 0 saturated heterocycles. The molecule has 9 heteroatoms. The topological polar surface area (TPSA) is 136 Å². The van der Waals surface area contributed by atoms with E-state index in [0.29, 0.717) is 0 Å². The van der Waals surface area contributed by atoms with Crippen molar-refractivity contribution in [2.75, 3.05) is 21.3 Å². The van der Waals surface area contributed by atoms with E-state index in [1.807, 2.05) is 0 Å². The van der Waals surface area contributed by atoms with Gasteiger partial charge in [0.15, 0.2) is 5.41 Å². The number of carbonyl (C=O) groups excluding carboxylic acids is 2. The summed E-state index contributed by atoms with van der Waals surface area (Å²) in [5.74, 6) is -4.15. The number of allylic oxidation sites excluding steroid dienone is 2. The predicted molar refractivity (Wildman–Crippen MR) is 77.3 cm³/mol. The van der Waals surface area contributed by atoms with Crippen molar-refractivity contribution in [1.29, 1.82) is 0 Å². The Morgan fingerprint density at radius 3 is 1.48 bits per heavy atom. The Bertz CT molecular complexity index is 466. The number of aliphatic carboxylic acids is 2. The lowest BCUT2D eigenvalue weighted by atomic mass is 9.95. The smallest absolute Gasteiger partial charge is 0.345 e. The number of carboxylic acids is 2. The van der Waals surface area contributed by atoms with E-state index in [9.17, 15) is 19.2 Å². The number of esters is 2. The zero-order chi connectivity index (χ0) is 18.6. The summed E-state index contributed by atoms with van der Waals surface area (Å²) in [5.41, 5.74) is -1.86. The lowest BCUT2D eigenvalue weighted by Gasteiger charge is -2.10. The first kappa shape index (κ1) is 22.4. The maximum atomic E-state index is 11.0. The highest BCUT2D eigenvalue weighted by Gasteiger charge is 2.35. The first-order chi connectivity index (χ1) is 10.6. The molecule has 0 atom stereocenters. The minimum absolute atomic E-state index is 0.191. The fraction of sp³-hybridized carbons (Fsp3) is 0.429. The van der Waals surface area contributed by atoms with Gasteiger partial charge in [-0.3, -0.25) is 9.59 Å². The fourth-order valence-corrected chi connectivity index (χ4v) is 0.745. The van der Waals surface area contributed by atoms with Crippen LogP contribution in [-0.4, -0.2) is 55.4 Å². The lowest BCUT2D eigenvalue weighted by molar-refractivity contribution is -0.161. The van der Waals surface area contributed by atoms with Crippen molar-refractivity contribution in [3.8, 4) is 0 Å². The van der Waals surface area contributed by atoms with Gasteiger partial charge in [0.2, 0.25) is 0 Å². The highest BCUT2D eigenvalue weighted by molar-refractivity contribution is 6.14. The number of rotatable bonds is 6. The Labute approximate surface area is 133 Å². The highest BCUT2D eigenvalue weighted by atomic mass is 16.5. The summed E-state index contributed by atoms with van der Waals surface area (Å²) < 4.78 is 13.4. The van der Waals surface area contributed by atoms with Crippen molar-refractivity contribution in [1.82, 2.24) is 0 Å². The maximum absolute atomic E-state index is 11.0. The van der Waals surface area contributed by atoms with Gasteiger partial charge in [-0.1, -0.05) is 0 Å². The molecule has 0 aromatic rings. The van der Waals surface area contributed by atoms with E-state index in [1.165, 1.54) is 39.7 Å². The maximum Gasteiger partial charge on any atom is 0.345 e. The zero-order valence-electron chi connectivity index (χ0n) is 13.5. The molecule has 0 saturated carbocycles. The van der Waals surface area contributed by atoms with Crippen molar-refractivity contribution < 1.29 is 43.6 Å². The number of methoxy groups -OCH3 is 3. The molecule has 0 rings (SSSR count). The van der Waals surface area contributed by atoms with E-state index in [1.54, 1.807) is 0 Å². The summed E-state index contributed by atoms with van der Waals surface area (Å²) in [6, 6.07) is 0. The molecule has 0 spiro atoms. The summed E-state index contributed by atoms with van der Waals surface area (Å²) in [7, 11) is 3.80. The molecule has 0 aromatic heterocycles. The molecule has 0 aliphatic heterocycles. The molecule has 23 heavy (non-hydrogen) atoms. The van der Waals surface area contributed by atoms with Crippen LogP contribution in [0.1, 0.15) is 13.8 Å². The molecular weight excluding hydrogens is 312 g/mol. The third-order valence-electron chi connectivity index (χ3n) is 2.36. The minimum atomic E-state index is -1.67. The molecule has 130 valence electrons. The molecule has 0 fully saturated rings. The van der Waals surface area contributed by atoms with Gasteiger partial charge in [0.1, 0.15) is 5.57 Å². The van der Waals surface area contributed by atoms with E-state index in [-0.39, 0.29) is 5.57 Å². The van der Waals surface area contributed by atoms with Gasteiger partial charge >= 0.3 is 23.9 Å². The Morgan fingerprint density at radius 1 is 0.870 bits per heavy atom. The molecule has 2 N–H and O–H groups in total. The molecule has 0 bridgehead atoms. The van der Waals surface area contributed by atoms with Crippen LogP contribution in [0.3, 0.4) is 0 Å². The van der Waals surface area contributed by atoms with E-state index in [0.717, 1.165) is 13.8 Å². The first-order valence-corrected chi connectivity index (χ1v) is 6.09. The number of ether oxygens (including phenoxy) is 3. The average Bonchev–Trinajstić information content (AvgIpc) is 2.50. The summed E-state index contributed by atoms with van der Waals surface area (Å²) in [6.07, 6.45) is 3.95. The van der Waals surface area contributed by atoms with Crippen LogP contribution >= 0.6 is 0 Å². The van der Waals surface area contributed by atoms with Crippen molar-refractivity contribution >= 4 is 23.9 Å². The van der Waals surface area contributed by atoms with Gasteiger partial charge in [-0.25, -0.2) is 9.59 Å². The van der Waals surface area contributed by atoms with E-state index < -0.39 is 29.3 Å². The SMILES string of the molecule is CC(C)(C(=O)O)C(=O)O.COC=CC=C(C(=O)OC)C(=O)OC. The van der Waals surface area contributed by atoms with Crippen molar-refractivity contribution in [2.45, 2.75) is 13.8 Å². The number of carbonyl (C=O) groups is 4. The molecule has 0 radical (unpaired) electrons. The van der Waals surface area contributed by atoms with Crippen molar-refractivity contribution in [3.63, 3.8) is 0 Å². The van der Waals surface area contributed by atoms with Gasteiger partial charge in [-0.2, -0.15) is 0 Å².